The van der Waals surface area contributed by atoms with Gasteiger partial charge < -0.3 is 15.5 Å². The number of amides is 1. The number of aliphatic imine (C=N–C) groups is 1. The minimum absolute atomic E-state index is 0.0607. The molecule has 2 fully saturated rings. The van der Waals surface area contributed by atoms with Crippen LogP contribution in [0.5, 0.6) is 0 Å². The molecule has 0 saturated carbocycles. The van der Waals surface area contributed by atoms with Crippen molar-refractivity contribution in [2.24, 2.45) is 10.4 Å². The quantitative estimate of drug-likeness (QED) is 0.638. The standard InChI is InChI=1S/C20H26N6O/c1-21-19(25-9-5-8-20(15-25)10-18(27)23-14-20)22-11-16-12-24-26(13-16)17-6-3-2-4-7-17/h2-4,6-7,12-13H,5,8-11,14-15H2,1H3,(H,21,22)(H,23,27). The minimum Gasteiger partial charge on any atom is -0.355 e. The first-order valence-corrected chi connectivity index (χ1v) is 9.49. The Kier molecular flexibility index (Phi) is 4.83. The Morgan fingerprint density at radius 3 is 2.96 bits per heavy atom. The van der Waals surface area contributed by atoms with Gasteiger partial charge in [0, 0.05) is 56.8 Å². The first-order valence-electron chi connectivity index (χ1n) is 9.49. The molecule has 7 heteroatoms. The number of carbonyl (C=O) groups excluding carboxylic acids is 1. The second-order valence-electron chi connectivity index (χ2n) is 7.51. The summed E-state index contributed by atoms with van der Waals surface area (Å²) in [7, 11) is 1.81. The van der Waals surface area contributed by atoms with E-state index in [2.05, 4.69) is 25.6 Å². The van der Waals surface area contributed by atoms with Gasteiger partial charge in [-0.25, -0.2) is 4.68 Å². The lowest BCUT2D eigenvalue weighted by atomic mass is 9.79. The van der Waals surface area contributed by atoms with Gasteiger partial charge in [-0.05, 0) is 25.0 Å². The molecule has 1 unspecified atom stereocenters. The van der Waals surface area contributed by atoms with Crippen LogP contribution in [-0.4, -0.2) is 53.2 Å². The van der Waals surface area contributed by atoms with Gasteiger partial charge in [-0.2, -0.15) is 5.10 Å². The van der Waals surface area contributed by atoms with E-state index in [0.29, 0.717) is 13.0 Å². The zero-order valence-electron chi connectivity index (χ0n) is 15.7. The number of piperidine rings is 1. The number of carbonyl (C=O) groups is 1. The minimum atomic E-state index is 0.0607. The van der Waals surface area contributed by atoms with Crippen LogP contribution >= 0.6 is 0 Å². The molecule has 142 valence electrons. The average Bonchev–Trinajstić information content (AvgIpc) is 3.30. The van der Waals surface area contributed by atoms with Crippen LogP contribution in [0.3, 0.4) is 0 Å². The van der Waals surface area contributed by atoms with Crippen LogP contribution in [0.25, 0.3) is 5.69 Å². The Balaban J connectivity index is 1.38. The van der Waals surface area contributed by atoms with Crippen LogP contribution in [0.15, 0.2) is 47.7 Å². The van der Waals surface area contributed by atoms with Crippen LogP contribution < -0.4 is 10.6 Å². The predicted octanol–water partition coefficient (Wildman–Crippen LogP) is 1.55. The first kappa shape index (κ1) is 17.6. The maximum absolute atomic E-state index is 11.7. The summed E-state index contributed by atoms with van der Waals surface area (Å²) in [6, 6.07) is 10.1. The van der Waals surface area contributed by atoms with Crippen LogP contribution in [0.2, 0.25) is 0 Å². The van der Waals surface area contributed by atoms with Crippen molar-refractivity contribution in [1.82, 2.24) is 25.3 Å². The molecule has 7 nitrogen and oxygen atoms in total. The molecular formula is C20H26N6O. The van der Waals surface area contributed by atoms with Crippen LogP contribution in [0.1, 0.15) is 24.8 Å². The molecule has 1 aromatic carbocycles. The third-order valence-corrected chi connectivity index (χ3v) is 5.48. The van der Waals surface area contributed by atoms with Crippen LogP contribution in [0, 0.1) is 5.41 Å². The van der Waals surface area contributed by atoms with Gasteiger partial charge in [0.05, 0.1) is 11.9 Å². The van der Waals surface area contributed by atoms with Gasteiger partial charge in [0.25, 0.3) is 0 Å². The fourth-order valence-electron chi connectivity index (χ4n) is 4.12. The summed E-state index contributed by atoms with van der Waals surface area (Å²) in [6.45, 7) is 3.29. The molecule has 0 aliphatic carbocycles. The molecule has 0 radical (unpaired) electrons. The van der Waals surface area contributed by atoms with Crippen molar-refractivity contribution in [3.05, 3.63) is 48.3 Å². The Hall–Kier alpha value is -2.83. The molecule has 1 spiro atoms. The highest BCUT2D eigenvalue weighted by molar-refractivity contribution is 5.81. The summed E-state index contributed by atoms with van der Waals surface area (Å²) in [6.07, 6.45) is 6.73. The van der Waals surface area contributed by atoms with E-state index in [0.717, 1.165) is 49.7 Å². The normalized spacial score (nSPS) is 22.9. The van der Waals surface area contributed by atoms with Crippen molar-refractivity contribution in [2.75, 3.05) is 26.7 Å². The number of aromatic nitrogens is 2. The van der Waals surface area contributed by atoms with Gasteiger partial charge in [0.15, 0.2) is 5.96 Å². The van der Waals surface area contributed by atoms with E-state index < -0.39 is 0 Å². The van der Waals surface area contributed by atoms with Crippen molar-refractivity contribution in [1.29, 1.82) is 0 Å². The smallest absolute Gasteiger partial charge is 0.220 e. The highest BCUT2D eigenvalue weighted by Gasteiger charge is 2.42. The van der Waals surface area contributed by atoms with Crippen LogP contribution in [0.4, 0.5) is 0 Å². The van der Waals surface area contributed by atoms with Gasteiger partial charge >= 0.3 is 0 Å². The highest BCUT2D eigenvalue weighted by atomic mass is 16.1. The van der Waals surface area contributed by atoms with E-state index in [9.17, 15) is 4.79 Å². The number of hydrogen-bond donors (Lipinski definition) is 2. The predicted molar refractivity (Wildman–Crippen MR) is 105 cm³/mol. The van der Waals surface area contributed by atoms with Gasteiger partial charge in [-0.3, -0.25) is 9.79 Å². The number of nitrogens with zero attached hydrogens (tertiary/aromatic N) is 4. The summed E-state index contributed by atoms with van der Waals surface area (Å²) < 4.78 is 1.88. The average molecular weight is 366 g/mol. The van der Waals surface area contributed by atoms with Gasteiger partial charge in [0.1, 0.15) is 0 Å². The van der Waals surface area contributed by atoms with Crippen molar-refractivity contribution >= 4 is 11.9 Å². The number of nitrogens with one attached hydrogen (secondary N) is 2. The monoisotopic (exact) mass is 366 g/mol. The molecule has 2 aliphatic rings. The summed E-state index contributed by atoms with van der Waals surface area (Å²) in [5.41, 5.74) is 2.21. The Morgan fingerprint density at radius 2 is 2.22 bits per heavy atom. The van der Waals surface area contributed by atoms with Crippen LogP contribution in [-0.2, 0) is 11.3 Å². The fraction of sp³-hybridized carbons (Fsp3) is 0.450. The molecule has 1 aromatic heterocycles. The number of rotatable bonds is 3. The summed E-state index contributed by atoms with van der Waals surface area (Å²) in [5, 5.41) is 10.9. The molecular weight excluding hydrogens is 340 g/mol. The molecule has 1 amide bonds. The summed E-state index contributed by atoms with van der Waals surface area (Å²) in [4.78, 5) is 18.5. The van der Waals surface area contributed by atoms with E-state index in [-0.39, 0.29) is 11.3 Å². The zero-order valence-corrected chi connectivity index (χ0v) is 15.7. The molecule has 27 heavy (non-hydrogen) atoms. The topological polar surface area (TPSA) is 74.6 Å². The lowest BCUT2D eigenvalue weighted by Gasteiger charge is -2.40. The third kappa shape index (κ3) is 3.82. The van der Waals surface area contributed by atoms with E-state index in [1.165, 1.54) is 0 Å². The van der Waals surface area contributed by atoms with Crippen molar-refractivity contribution in [2.45, 2.75) is 25.8 Å². The second kappa shape index (κ2) is 7.42. The maximum Gasteiger partial charge on any atom is 0.220 e. The van der Waals surface area contributed by atoms with Crippen molar-refractivity contribution < 1.29 is 4.79 Å². The highest BCUT2D eigenvalue weighted by Crippen LogP contribution is 2.35. The zero-order chi connectivity index (χ0) is 18.7. The molecule has 4 rings (SSSR count). The summed E-state index contributed by atoms with van der Waals surface area (Å²) in [5.74, 6) is 1.06. The number of guanidine groups is 1. The molecule has 2 aliphatic heterocycles. The van der Waals surface area contributed by atoms with E-state index in [1.807, 2.05) is 54.5 Å². The third-order valence-electron chi connectivity index (χ3n) is 5.48. The summed E-state index contributed by atoms with van der Waals surface area (Å²) >= 11 is 0. The number of hydrogen-bond acceptors (Lipinski definition) is 3. The Bertz CT molecular complexity index is 830. The molecule has 2 saturated heterocycles. The van der Waals surface area contributed by atoms with Crippen molar-refractivity contribution in [3.63, 3.8) is 0 Å². The molecule has 1 atom stereocenters. The van der Waals surface area contributed by atoms with Gasteiger partial charge in [-0.1, -0.05) is 18.2 Å². The van der Waals surface area contributed by atoms with Gasteiger partial charge in [0.2, 0.25) is 5.91 Å². The largest absolute Gasteiger partial charge is 0.355 e. The molecule has 0 bridgehead atoms. The first-order chi connectivity index (χ1) is 13.2. The Labute approximate surface area is 159 Å². The van der Waals surface area contributed by atoms with E-state index in [4.69, 9.17) is 0 Å². The Morgan fingerprint density at radius 1 is 1.37 bits per heavy atom. The number of likely N-dealkylation sites (tertiary alicyclic amines) is 1. The SMILES string of the molecule is CN=C(NCc1cnn(-c2ccccc2)c1)N1CCCC2(CNC(=O)C2)C1. The number of benzene rings is 1. The van der Waals surface area contributed by atoms with Gasteiger partial charge in [-0.15, -0.1) is 0 Å². The maximum atomic E-state index is 11.7. The van der Waals surface area contributed by atoms with E-state index >= 15 is 0 Å². The fourth-order valence-corrected chi connectivity index (χ4v) is 4.12. The lowest BCUT2D eigenvalue weighted by Crippen LogP contribution is -2.51. The molecule has 3 heterocycles. The second-order valence-corrected chi connectivity index (χ2v) is 7.51. The lowest BCUT2D eigenvalue weighted by molar-refractivity contribution is -0.119. The molecule has 2 N–H and O–H groups in total. The van der Waals surface area contributed by atoms with Crippen molar-refractivity contribution in [3.8, 4) is 5.69 Å². The van der Waals surface area contributed by atoms with E-state index in [1.54, 1.807) is 0 Å². The number of para-hydroxylation sites is 1. The molecule has 2 aromatic rings.